The van der Waals surface area contributed by atoms with Crippen molar-refractivity contribution in [3.8, 4) is 23.0 Å². The van der Waals surface area contributed by atoms with Gasteiger partial charge in [-0.3, -0.25) is 0 Å². The molecule has 0 unspecified atom stereocenters. The van der Waals surface area contributed by atoms with Crippen molar-refractivity contribution < 1.29 is 27.4 Å². The topological polar surface area (TPSA) is 74.3 Å². The number of ether oxygens (including phenoxy) is 4. The summed E-state index contributed by atoms with van der Waals surface area (Å²) in [7, 11) is 2.35. The van der Waals surface area contributed by atoms with Crippen LogP contribution >= 0.6 is 15.9 Å². The van der Waals surface area contributed by atoms with E-state index >= 15 is 0 Å². The number of rotatable bonds is 10. The van der Waals surface area contributed by atoms with E-state index in [2.05, 4.69) is 15.9 Å². The average molecular weight is 536 g/mol. The van der Waals surface area contributed by atoms with E-state index in [4.69, 9.17) is 18.9 Å². The van der Waals surface area contributed by atoms with Gasteiger partial charge in [-0.1, -0.05) is 30.3 Å². The largest absolute Gasteiger partial charge is 0.497 e. The van der Waals surface area contributed by atoms with Crippen LogP contribution in [0.25, 0.3) is 0 Å². The molecule has 3 aromatic rings. The Morgan fingerprint density at radius 2 is 1.39 bits per heavy atom. The van der Waals surface area contributed by atoms with Crippen LogP contribution in [-0.4, -0.2) is 41.2 Å². The minimum absolute atomic E-state index is 0.0676. The lowest BCUT2D eigenvalue weighted by Crippen LogP contribution is -2.30. The standard InChI is InChI=1S/C24H26BrNO6S/c1-29-19-12-10-17(22(14-19)31-3)15-26(33(27,28)20-8-6-5-7-9-20)16-18-11-13-21(30-2)23(25)24(18)32-4/h5-14H,15-16H2,1-4H3. The molecule has 3 aromatic carbocycles. The van der Waals surface area contributed by atoms with Gasteiger partial charge in [0.1, 0.15) is 27.5 Å². The number of hydrogen-bond acceptors (Lipinski definition) is 6. The van der Waals surface area contributed by atoms with Crippen molar-refractivity contribution in [2.75, 3.05) is 28.4 Å². The van der Waals surface area contributed by atoms with E-state index in [0.717, 1.165) is 0 Å². The van der Waals surface area contributed by atoms with Crippen molar-refractivity contribution in [1.82, 2.24) is 4.31 Å². The SMILES string of the molecule is COc1ccc(CN(Cc2ccc(OC)c(Br)c2OC)S(=O)(=O)c2ccccc2)c(OC)c1. The third-order valence-electron chi connectivity index (χ3n) is 5.14. The van der Waals surface area contributed by atoms with E-state index in [0.29, 0.717) is 38.6 Å². The minimum Gasteiger partial charge on any atom is -0.497 e. The predicted molar refractivity (Wildman–Crippen MR) is 130 cm³/mol. The molecule has 0 aliphatic heterocycles. The maximum Gasteiger partial charge on any atom is 0.243 e. The summed E-state index contributed by atoms with van der Waals surface area (Å²) < 4.78 is 51.0. The van der Waals surface area contributed by atoms with Gasteiger partial charge in [-0.25, -0.2) is 8.42 Å². The van der Waals surface area contributed by atoms with Gasteiger partial charge in [-0.15, -0.1) is 0 Å². The summed E-state index contributed by atoms with van der Waals surface area (Å²) in [5, 5.41) is 0. The summed E-state index contributed by atoms with van der Waals surface area (Å²) in [5.74, 6) is 2.24. The van der Waals surface area contributed by atoms with E-state index in [9.17, 15) is 8.42 Å². The predicted octanol–water partition coefficient (Wildman–Crippen LogP) is 4.87. The average Bonchev–Trinajstić information content (AvgIpc) is 2.84. The van der Waals surface area contributed by atoms with Crippen LogP contribution in [-0.2, 0) is 23.1 Å². The fourth-order valence-corrected chi connectivity index (χ4v) is 5.54. The molecule has 0 saturated carbocycles. The first kappa shape index (κ1) is 24.9. The zero-order chi connectivity index (χ0) is 24.0. The maximum absolute atomic E-state index is 13.7. The van der Waals surface area contributed by atoms with E-state index in [1.807, 2.05) is 0 Å². The Balaban J connectivity index is 2.09. The lowest BCUT2D eigenvalue weighted by molar-refractivity contribution is 0.357. The third-order valence-corrected chi connectivity index (χ3v) is 7.69. The first-order valence-corrected chi connectivity index (χ1v) is 12.2. The van der Waals surface area contributed by atoms with Crippen LogP contribution in [0.2, 0.25) is 0 Å². The normalized spacial score (nSPS) is 11.3. The monoisotopic (exact) mass is 535 g/mol. The van der Waals surface area contributed by atoms with Gasteiger partial charge in [0, 0.05) is 30.3 Å². The Morgan fingerprint density at radius 1 is 0.758 bits per heavy atom. The number of nitrogens with zero attached hydrogens (tertiary/aromatic N) is 1. The zero-order valence-corrected chi connectivity index (χ0v) is 21.3. The molecule has 0 aliphatic rings. The maximum atomic E-state index is 13.7. The van der Waals surface area contributed by atoms with Gasteiger partial charge in [0.2, 0.25) is 10.0 Å². The minimum atomic E-state index is -3.85. The molecule has 0 radical (unpaired) electrons. The molecule has 0 amide bonds. The first-order valence-electron chi connectivity index (χ1n) is 10.0. The number of sulfonamides is 1. The van der Waals surface area contributed by atoms with Crippen molar-refractivity contribution in [2.24, 2.45) is 0 Å². The molecule has 0 saturated heterocycles. The molecule has 33 heavy (non-hydrogen) atoms. The molecular weight excluding hydrogens is 510 g/mol. The Morgan fingerprint density at radius 3 is 2.00 bits per heavy atom. The highest BCUT2D eigenvalue weighted by Gasteiger charge is 2.28. The second kappa shape index (κ2) is 10.9. The molecule has 176 valence electrons. The lowest BCUT2D eigenvalue weighted by Gasteiger charge is -2.25. The van der Waals surface area contributed by atoms with Gasteiger partial charge in [-0.2, -0.15) is 4.31 Å². The van der Waals surface area contributed by atoms with Crippen molar-refractivity contribution in [1.29, 1.82) is 0 Å². The van der Waals surface area contributed by atoms with Gasteiger partial charge < -0.3 is 18.9 Å². The smallest absolute Gasteiger partial charge is 0.243 e. The fourth-order valence-electron chi connectivity index (χ4n) is 3.41. The van der Waals surface area contributed by atoms with Crippen molar-refractivity contribution in [2.45, 2.75) is 18.0 Å². The van der Waals surface area contributed by atoms with Gasteiger partial charge in [0.25, 0.3) is 0 Å². The van der Waals surface area contributed by atoms with E-state index in [1.165, 1.54) is 18.5 Å². The summed E-state index contributed by atoms with van der Waals surface area (Å²) in [4.78, 5) is 0.198. The highest BCUT2D eigenvalue weighted by atomic mass is 79.9. The molecule has 0 aliphatic carbocycles. The first-order chi connectivity index (χ1) is 15.8. The highest BCUT2D eigenvalue weighted by Crippen LogP contribution is 2.38. The van der Waals surface area contributed by atoms with Gasteiger partial charge in [-0.05, 0) is 40.2 Å². The summed E-state index contributed by atoms with van der Waals surface area (Å²) in [5.41, 5.74) is 1.38. The van der Waals surface area contributed by atoms with Crippen LogP contribution in [0.15, 0.2) is 70.0 Å². The van der Waals surface area contributed by atoms with Crippen LogP contribution < -0.4 is 18.9 Å². The number of halogens is 1. The molecule has 0 atom stereocenters. The van der Waals surface area contributed by atoms with Crippen LogP contribution in [0.4, 0.5) is 0 Å². The summed E-state index contributed by atoms with van der Waals surface area (Å²) >= 11 is 3.49. The van der Waals surface area contributed by atoms with E-state index in [1.54, 1.807) is 74.9 Å². The molecule has 0 aromatic heterocycles. The number of hydrogen-bond donors (Lipinski definition) is 0. The Labute approximate surface area is 203 Å². The molecule has 3 rings (SSSR count). The van der Waals surface area contributed by atoms with Gasteiger partial charge in [0.15, 0.2) is 0 Å². The molecule has 0 spiro atoms. The van der Waals surface area contributed by atoms with E-state index < -0.39 is 10.0 Å². The highest BCUT2D eigenvalue weighted by molar-refractivity contribution is 9.10. The molecule has 0 fully saturated rings. The third kappa shape index (κ3) is 5.43. The van der Waals surface area contributed by atoms with Crippen LogP contribution in [0.1, 0.15) is 11.1 Å². The Kier molecular flexibility index (Phi) is 8.23. The molecule has 9 heteroatoms. The van der Waals surface area contributed by atoms with Crippen LogP contribution in [0.3, 0.4) is 0 Å². The second-order valence-electron chi connectivity index (χ2n) is 7.04. The molecule has 0 bridgehead atoms. The van der Waals surface area contributed by atoms with Gasteiger partial charge in [0.05, 0.1) is 33.3 Å². The summed E-state index contributed by atoms with van der Waals surface area (Å²) in [6, 6.07) is 17.2. The van der Waals surface area contributed by atoms with E-state index in [-0.39, 0.29) is 18.0 Å². The fraction of sp³-hybridized carbons (Fsp3) is 0.250. The number of benzene rings is 3. The Bertz CT molecular complexity index is 1200. The molecule has 7 nitrogen and oxygen atoms in total. The number of methoxy groups -OCH3 is 4. The lowest BCUT2D eigenvalue weighted by atomic mass is 10.1. The van der Waals surface area contributed by atoms with Crippen LogP contribution in [0.5, 0.6) is 23.0 Å². The second-order valence-corrected chi connectivity index (χ2v) is 9.77. The molecule has 0 N–H and O–H groups in total. The molecular formula is C24H26BrNO6S. The summed E-state index contributed by atoms with van der Waals surface area (Å²) in [6.45, 7) is 0.148. The van der Waals surface area contributed by atoms with Crippen LogP contribution in [0, 0.1) is 0 Å². The van der Waals surface area contributed by atoms with Crippen molar-refractivity contribution >= 4 is 26.0 Å². The van der Waals surface area contributed by atoms with Gasteiger partial charge >= 0.3 is 0 Å². The summed E-state index contributed by atoms with van der Waals surface area (Å²) in [6.07, 6.45) is 0. The van der Waals surface area contributed by atoms with Crippen molar-refractivity contribution in [3.63, 3.8) is 0 Å². The molecule has 0 heterocycles. The quantitative estimate of drug-likeness (QED) is 0.368. The zero-order valence-electron chi connectivity index (χ0n) is 18.9. The Hall–Kier alpha value is -2.75. The van der Waals surface area contributed by atoms with Crippen molar-refractivity contribution in [3.05, 3.63) is 76.3 Å².